The van der Waals surface area contributed by atoms with Crippen LogP contribution in [0.2, 0.25) is 0 Å². The number of ether oxygens (including phenoxy) is 4. The van der Waals surface area contributed by atoms with E-state index in [1.54, 1.807) is 28.4 Å². The fraction of sp³-hybridized carbons (Fsp3) is 1.00. The molecule has 0 aromatic rings. The molecule has 8 heteroatoms. The van der Waals surface area contributed by atoms with Crippen LogP contribution in [-0.2, 0) is 32.2 Å². The van der Waals surface area contributed by atoms with Crippen molar-refractivity contribution >= 4 is 8.80 Å². The molecule has 3 rings (SSSR count). The number of hydrogen-bond acceptors (Lipinski definition) is 7. The highest BCUT2D eigenvalue weighted by Gasteiger charge is 2.75. The molecular formula is C19H36O7Si. The molecule has 0 aromatic carbocycles. The molecule has 27 heavy (non-hydrogen) atoms. The molecule has 3 aliphatic rings. The topological polar surface area (TPSA) is 64.6 Å². The molecule has 4 unspecified atom stereocenters. The number of methoxy groups -OCH3 is 1. The van der Waals surface area contributed by atoms with Crippen LogP contribution in [0.25, 0.3) is 0 Å². The Morgan fingerprint density at radius 1 is 0.815 bits per heavy atom. The van der Waals surface area contributed by atoms with E-state index in [-0.39, 0.29) is 12.4 Å². The summed E-state index contributed by atoms with van der Waals surface area (Å²) in [5.74, 6) is 0. The highest BCUT2D eigenvalue weighted by Crippen LogP contribution is 2.53. The Kier molecular flexibility index (Phi) is 7.35. The molecule has 3 saturated heterocycles. The molecule has 0 aliphatic carbocycles. The van der Waals surface area contributed by atoms with Crippen molar-refractivity contribution in [3.05, 3.63) is 0 Å². The maximum Gasteiger partial charge on any atom is 0.537 e. The summed E-state index contributed by atoms with van der Waals surface area (Å²) < 4.78 is 43.4. The van der Waals surface area contributed by atoms with E-state index in [9.17, 15) is 0 Å². The lowest BCUT2D eigenvalue weighted by atomic mass is 9.77. The van der Waals surface area contributed by atoms with Crippen molar-refractivity contribution < 1.29 is 32.2 Å². The van der Waals surface area contributed by atoms with Gasteiger partial charge in [0, 0.05) is 41.7 Å². The van der Waals surface area contributed by atoms with Crippen LogP contribution in [-0.4, -0.2) is 73.7 Å². The highest BCUT2D eigenvalue weighted by atomic mass is 28.4. The minimum Gasteiger partial charge on any atom is -0.375 e. The Bertz CT molecular complexity index is 453. The third-order valence-corrected chi connectivity index (χ3v) is 9.94. The van der Waals surface area contributed by atoms with Gasteiger partial charge in [0.1, 0.15) is 5.60 Å². The van der Waals surface area contributed by atoms with E-state index >= 15 is 0 Å². The Balaban J connectivity index is 2.13. The van der Waals surface area contributed by atoms with Gasteiger partial charge in [-0.15, -0.1) is 0 Å². The van der Waals surface area contributed by atoms with Crippen LogP contribution in [0.3, 0.4) is 0 Å². The number of rotatable bonds is 7. The summed E-state index contributed by atoms with van der Waals surface area (Å²) in [7, 11) is 3.36. The molecule has 0 saturated carbocycles. The van der Waals surface area contributed by atoms with Crippen molar-refractivity contribution in [2.24, 2.45) is 0 Å². The molecule has 3 aliphatic heterocycles. The lowest BCUT2D eigenvalue weighted by molar-refractivity contribution is -0.315. The van der Waals surface area contributed by atoms with Crippen LogP contribution in [0.1, 0.15) is 57.8 Å². The van der Waals surface area contributed by atoms with Crippen molar-refractivity contribution in [2.75, 3.05) is 41.7 Å². The molecule has 3 heterocycles. The van der Waals surface area contributed by atoms with E-state index in [2.05, 4.69) is 0 Å². The maximum absolute atomic E-state index is 6.72. The third kappa shape index (κ3) is 3.52. The fourth-order valence-corrected chi connectivity index (χ4v) is 8.45. The summed E-state index contributed by atoms with van der Waals surface area (Å²) >= 11 is 0. The van der Waals surface area contributed by atoms with Gasteiger partial charge in [-0.2, -0.15) is 0 Å². The second-order valence-electron chi connectivity index (χ2n) is 7.72. The molecule has 0 amide bonds. The average molecular weight is 405 g/mol. The summed E-state index contributed by atoms with van der Waals surface area (Å²) in [5, 5.41) is -0.862. The third-order valence-electron chi connectivity index (χ3n) is 6.55. The van der Waals surface area contributed by atoms with Crippen molar-refractivity contribution in [1.82, 2.24) is 0 Å². The van der Waals surface area contributed by atoms with Crippen LogP contribution in [0.4, 0.5) is 0 Å². The summed E-state index contributed by atoms with van der Waals surface area (Å²) in [6.07, 6.45) is 8.22. The first kappa shape index (κ1) is 21.6. The molecule has 7 nitrogen and oxygen atoms in total. The van der Waals surface area contributed by atoms with Gasteiger partial charge in [-0.1, -0.05) is 0 Å². The standard InChI is InChI=1S/C19H36O7Si/c1-20-17-11-9-13-19(26-17,27(21-2,22-3)23-4)18(12-6-8-15-25-18)16-10-5-7-14-24-16/h16-17H,5-15H2,1-4H3. The quantitative estimate of drug-likeness (QED) is 0.605. The average Bonchev–Trinajstić information content (AvgIpc) is 2.76. The van der Waals surface area contributed by atoms with E-state index in [1.807, 2.05) is 0 Å². The number of hydrogen-bond donors (Lipinski definition) is 0. The molecule has 0 N–H and O–H groups in total. The van der Waals surface area contributed by atoms with Gasteiger partial charge in [0.05, 0.1) is 6.10 Å². The van der Waals surface area contributed by atoms with Gasteiger partial charge in [0.2, 0.25) is 0 Å². The molecule has 0 spiro atoms. The highest BCUT2D eigenvalue weighted by molar-refractivity contribution is 6.64. The summed E-state index contributed by atoms with van der Waals surface area (Å²) in [5.41, 5.74) is -0.656. The van der Waals surface area contributed by atoms with E-state index in [1.165, 1.54) is 0 Å². The van der Waals surface area contributed by atoms with E-state index in [4.69, 9.17) is 32.2 Å². The summed E-state index contributed by atoms with van der Waals surface area (Å²) in [6, 6.07) is 0. The van der Waals surface area contributed by atoms with Gasteiger partial charge >= 0.3 is 8.80 Å². The van der Waals surface area contributed by atoms with E-state index in [0.717, 1.165) is 64.4 Å². The van der Waals surface area contributed by atoms with Gasteiger partial charge in [0.25, 0.3) is 0 Å². The van der Waals surface area contributed by atoms with Crippen LogP contribution < -0.4 is 0 Å². The predicted molar refractivity (Wildman–Crippen MR) is 101 cm³/mol. The lowest BCUT2D eigenvalue weighted by Gasteiger charge is -2.60. The Morgan fingerprint density at radius 3 is 2.11 bits per heavy atom. The fourth-order valence-electron chi connectivity index (χ4n) is 5.32. The molecule has 4 atom stereocenters. The molecular weight excluding hydrogens is 368 g/mol. The summed E-state index contributed by atoms with van der Waals surface area (Å²) in [6.45, 7) is 1.44. The van der Waals surface area contributed by atoms with Gasteiger partial charge in [-0.3, -0.25) is 0 Å². The Morgan fingerprint density at radius 2 is 1.56 bits per heavy atom. The predicted octanol–water partition coefficient (Wildman–Crippen LogP) is 2.82. The Labute approximate surface area is 164 Å². The normalized spacial score (nSPS) is 38.7. The van der Waals surface area contributed by atoms with Gasteiger partial charge in [-0.25, -0.2) is 0 Å². The van der Waals surface area contributed by atoms with Crippen molar-refractivity contribution in [3.63, 3.8) is 0 Å². The molecule has 0 radical (unpaired) electrons. The van der Waals surface area contributed by atoms with Crippen LogP contribution >= 0.6 is 0 Å². The van der Waals surface area contributed by atoms with Crippen molar-refractivity contribution in [3.8, 4) is 0 Å². The zero-order valence-electron chi connectivity index (χ0n) is 17.3. The van der Waals surface area contributed by atoms with Crippen molar-refractivity contribution in [2.45, 2.75) is 81.0 Å². The second kappa shape index (κ2) is 9.17. The SMILES string of the molecule is COC1CCCC(C2(C3CCCCO3)CCCCO2)([Si](OC)(OC)OC)O1. The van der Waals surface area contributed by atoms with Gasteiger partial charge in [-0.05, 0) is 57.8 Å². The largest absolute Gasteiger partial charge is 0.537 e. The first-order chi connectivity index (χ1) is 13.1. The van der Waals surface area contributed by atoms with Gasteiger partial charge < -0.3 is 32.2 Å². The van der Waals surface area contributed by atoms with Gasteiger partial charge in [0.15, 0.2) is 11.5 Å². The Hall–Kier alpha value is -0.0631. The van der Waals surface area contributed by atoms with Crippen LogP contribution in [0.15, 0.2) is 0 Å². The molecule has 0 aromatic heterocycles. The molecule has 3 fully saturated rings. The smallest absolute Gasteiger partial charge is 0.375 e. The van der Waals surface area contributed by atoms with E-state index < -0.39 is 19.6 Å². The van der Waals surface area contributed by atoms with E-state index in [0.29, 0.717) is 6.61 Å². The monoisotopic (exact) mass is 404 g/mol. The zero-order valence-corrected chi connectivity index (χ0v) is 18.3. The minimum atomic E-state index is -3.28. The minimum absolute atomic E-state index is 0.0607. The molecule has 0 bridgehead atoms. The lowest BCUT2D eigenvalue weighted by Crippen LogP contribution is -2.80. The molecule has 158 valence electrons. The first-order valence-corrected chi connectivity index (χ1v) is 12.0. The van der Waals surface area contributed by atoms with Crippen molar-refractivity contribution in [1.29, 1.82) is 0 Å². The first-order valence-electron chi connectivity index (χ1n) is 10.3. The maximum atomic E-state index is 6.72. The second-order valence-corrected chi connectivity index (χ2v) is 10.9. The van der Waals surface area contributed by atoms with Crippen LogP contribution in [0, 0.1) is 0 Å². The summed E-state index contributed by atoms with van der Waals surface area (Å²) in [4.78, 5) is 0. The zero-order chi connectivity index (χ0) is 19.4. The van der Waals surface area contributed by atoms with Crippen LogP contribution in [0.5, 0.6) is 0 Å².